The molecular weight excluding hydrogens is 617 g/mol. The van der Waals surface area contributed by atoms with E-state index in [9.17, 15) is 0 Å². The maximum Gasteiger partial charge on any atom is 0.0620 e. The van der Waals surface area contributed by atoms with Gasteiger partial charge >= 0.3 is 0 Å². The van der Waals surface area contributed by atoms with Gasteiger partial charge < -0.3 is 9.30 Å². The summed E-state index contributed by atoms with van der Waals surface area (Å²) in [7, 11) is 0. The number of fused-ring (bicyclic) bond motifs is 8. The van der Waals surface area contributed by atoms with Crippen LogP contribution in [0.4, 0.5) is 17.1 Å². The summed E-state index contributed by atoms with van der Waals surface area (Å²) in [6, 6.07) is 62.9. The Balaban J connectivity index is 1.20. The highest BCUT2D eigenvalue weighted by Gasteiger charge is 2.36. The van der Waals surface area contributed by atoms with Crippen LogP contribution in [0.1, 0.15) is 25.0 Å². The Kier molecular flexibility index (Phi) is 5.76. The molecule has 11 rings (SSSR count). The van der Waals surface area contributed by atoms with Crippen LogP contribution in [-0.2, 0) is 5.41 Å². The molecule has 0 spiro atoms. The molecular formula is C49H34N2. The first-order valence-electron chi connectivity index (χ1n) is 17.9. The number of pyridine rings is 1. The summed E-state index contributed by atoms with van der Waals surface area (Å²) in [6.45, 7) is 4.72. The maximum absolute atomic E-state index is 2.49. The zero-order valence-electron chi connectivity index (χ0n) is 28.6. The van der Waals surface area contributed by atoms with Crippen molar-refractivity contribution in [3.8, 4) is 22.3 Å². The lowest BCUT2D eigenvalue weighted by Gasteiger charge is -2.30. The van der Waals surface area contributed by atoms with Gasteiger partial charge in [-0.1, -0.05) is 129 Å². The van der Waals surface area contributed by atoms with Crippen molar-refractivity contribution in [1.82, 2.24) is 4.40 Å². The molecule has 0 fully saturated rings. The molecule has 0 unspecified atom stereocenters. The molecule has 2 nitrogen and oxygen atoms in total. The smallest absolute Gasteiger partial charge is 0.0620 e. The Morgan fingerprint density at radius 2 is 1.10 bits per heavy atom. The number of para-hydroxylation sites is 3. The van der Waals surface area contributed by atoms with Crippen molar-refractivity contribution in [1.29, 1.82) is 0 Å². The summed E-state index contributed by atoms with van der Waals surface area (Å²) >= 11 is 0. The average Bonchev–Trinajstić information content (AvgIpc) is 3.63. The van der Waals surface area contributed by atoms with E-state index in [-0.39, 0.29) is 5.41 Å². The zero-order chi connectivity index (χ0) is 33.8. The van der Waals surface area contributed by atoms with E-state index >= 15 is 0 Å². The number of hydrogen-bond acceptors (Lipinski definition) is 1. The Hall–Kier alpha value is -6.38. The summed E-state index contributed by atoms with van der Waals surface area (Å²) in [6.07, 6.45) is 0. The molecule has 0 aliphatic heterocycles. The molecule has 2 heterocycles. The van der Waals surface area contributed by atoms with E-state index < -0.39 is 0 Å². The minimum Gasteiger partial charge on any atom is -0.310 e. The van der Waals surface area contributed by atoms with Crippen molar-refractivity contribution in [3.63, 3.8) is 0 Å². The van der Waals surface area contributed by atoms with Crippen LogP contribution >= 0.6 is 0 Å². The molecule has 51 heavy (non-hydrogen) atoms. The van der Waals surface area contributed by atoms with E-state index in [4.69, 9.17) is 0 Å². The number of benzene rings is 8. The standard InChI is InChI=1S/C49H34N2/c1-49(2)42-22-9-6-19-36(42)37-27-26-34(30-43(37)49)50(33-16-4-3-5-17-33)44-23-10-7-18-35(44)32-28-40-38-20-8-11-24-45(38)51-46-25-13-15-31-14-12-21-39(47(31)46)41(29-32)48(40)51/h3-30H,1-2H3. The number of anilines is 3. The van der Waals surface area contributed by atoms with Gasteiger partial charge in [-0.3, -0.25) is 0 Å². The van der Waals surface area contributed by atoms with Crippen LogP contribution in [0.15, 0.2) is 170 Å². The summed E-state index contributed by atoms with van der Waals surface area (Å²) in [5, 5.41) is 7.71. The number of nitrogens with zero attached hydrogens (tertiary/aromatic N) is 2. The summed E-state index contributed by atoms with van der Waals surface area (Å²) in [5.74, 6) is 0. The second kappa shape index (κ2) is 10.3. The van der Waals surface area contributed by atoms with Crippen molar-refractivity contribution in [3.05, 3.63) is 181 Å². The predicted octanol–water partition coefficient (Wildman–Crippen LogP) is 13.4. The lowest BCUT2D eigenvalue weighted by Crippen LogP contribution is -2.16. The van der Waals surface area contributed by atoms with E-state index in [1.54, 1.807) is 0 Å². The Morgan fingerprint density at radius 1 is 0.451 bits per heavy atom. The van der Waals surface area contributed by atoms with Gasteiger partial charge in [-0.05, 0) is 93.2 Å². The average molecular weight is 651 g/mol. The molecule has 0 N–H and O–H groups in total. The molecule has 1 aliphatic carbocycles. The third kappa shape index (κ3) is 3.88. The topological polar surface area (TPSA) is 7.65 Å². The molecule has 0 saturated heterocycles. The van der Waals surface area contributed by atoms with E-state index in [0.29, 0.717) is 0 Å². The fourth-order valence-corrected chi connectivity index (χ4v) is 9.19. The second-order valence-corrected chi connectivity index (χ2v) is 14.5. The van der Waals surface area contributed by atoms with Gasteiger partial charge in [0, 0.05) is 43.9 Å². The van der Waals surface area contributed by atoms with Gasteiger partial charge in [0.25, 0.3) is 0 Å². The molecule has 0 bridgehead atoms. The van der Waals surface area contributed by atoms with Gasteiger partial charge in [-0.2, -0.15) is 0 Å². The molecule has 2 aromatic heterocycles. The van der Waals surface area contributed by atoms with Gasteiger partial charge in [0.05, 0.1) is 22.2 Å². The van der Waals surface area contributed by atoms with Crippen molar-refractivity contribution in [2.45, 2.75) is 19.3 Å². The predicted molar refractivity (Wildman–Crippen MR) is 216 cm³/mol. The van der Waals surface area contributed by atoms with E-state index in [0.717, 1.165) is 17.1 Å². The van der Waals surface area contributed by atoms with Gasteiger partial charge in [0.1, 0.15) is 0 Å². The van der Waals surface area contributed by atoms with E-state index in [1.165, 1.54) is 82.2 Å². The Morgan fingerprint density at radius 3 is 1.96 bits per heavy atom. The first-order chi connectivity index (χ1) is 25.1. The molecule has 8 aromatic carbocycles. The van der Waals surface area contributed by atoms with E-state index in [1.807, 2.05) is 0 Å². The summed E-state index contributed by atoms with van der Waals surface area (Å²) < 4.78 is 2.49. The molecule has 0 amide bonds. The summed E-state index contributed by atoms with van der Waals surface area (Å²) in [5.41, 5.74) is 15.0. The zero-order valence-corrected chi connectivity index (χ0v) is 28.6. The molecule has 240 valence electrons. The first kappa shape index (κ1) is 28.5. The van der Waals surface area contributed by atoms with Crippen LogP contribution in [-0.4, -0.2) is 4.40 Å². The normalized spacial score (nSPS) is 13.5. The number of hydrogen-bond donors (Lipinski definition) is 0. The molecule has 0 saturated carbocycles. The highest BCUT2D eigenvalue weighted by atomic mass is 15.1. The fourth-order valence-electron chi connectivity index (χ4n) is 9.19. The monoisotopic (exact) mass is 650 g/mol. The van der Waals surface area contributed by atoms with Gasteiger partial charge in [0.15, 0.2) is 0 Å². The van der Waals surface area contributed by atoms with Crippen LogP contribution in [0.2, 0.25) is 0 Å². The minimum atomic E-state index is -0.0942. The van der Waals surface area contributed by atoms with Crippen LogP contribution in [0.25, 0.3) is 71.1 Å². The third-order valence-electron chi connectivity index (χ3n) is 11.5. The highest BCUT2D eigenvalue weighted by Crippen LogP contribution is 2.51. The molecule has 2 heteroatoms. The first-order valence-corrected chi connectivity index (χ1v) is 17.9. The van der Waals surface area contributed by atoms with Crippen molar-refractivity contribution < 1.29 is 0 Å². The van der Waals surface area contributed by atoms with Crippen molar-refractivity contribution in [2.24, 2.45) is 0 Å². The lowest BCUT2D eigenvalue weighted by molar-refractivity contribution is 0.660. The lowest BCUT2D eigenvalue weighted by atomic mass is 9.82. The van der Waals surface area contributed by atoms with Crippen LogP contribution in [0.3, 0.4) is 0 Å². The molecule has 0 atom stereocenters. The fraction of sp³-hybridized carbons (Fsp3) is 0.0612. The SMILES string of the molecule is CC1(C)c2ccccc2-c2ccc(N(c3ccccc3)c3ccccc3-c3cc4c5cccc6cccc(c65)n5c6ccccc6c(c3)c45)cc21. The second-order valence-electron chi connectivity index (χ2n) is 14.5. The Bertz CT molecular complexity index is 3000. The molecule has 10 aromatic rings. The third-order valence-corrected chi connectivity index (χ3v) is 11.5. The number of rotatable bonds is 4. The van der Waals surface area contributed by atoms with Crippen molar-refractivity contribution in [2.75, 3.05) is 4.90 Å². The maximum atomic E-state index is 2.49. The van der Waals surface area contributed by atoms with Crippen LogP contribution < -0.4 is 4.90 Å². The minimum absolute atomic E-state index is 0.0942. The molecule has 1 aliphatic rings. The number of aromatic nitrogens is 1. The van der Waals surface area contributed by atoms with Gasteiger partial charge in [-0.25, -0.2) is 0 Å². The largest absolute Gasteiger partial charge is 0.310 e. The van der Waals surface area contributed by atoms with Crippen LogP contribution in [0, 0.1) is 0 Å². The molecule has 0 radical (unpaired) electrons. The quantitative estimate of drug-likeness (QED) is 0.136. The highest BCUT2D eigenvalue weighted by molar-refractivity contribution is 6.27. The Labute approximate surface area is 296 Å². The van der Waals surface area contributed by atoms with Crippen molar-refractivity contribution >= 4 is 65.9 Å². The van der Waals surface area contributed by atoms with Gasteiger partial charge in [0.2, 0.25) is 0 Å². The van der Waals surface area contributed by atoms with Crippen LogP contribution in [0.5, 0.6) is 0 Å². The summed E-state index contributed by atoms with van der Waals surface area (Å²) in [4.78, 5) is 2.45. The van der Waals surface area contributed by atoms with E-state index in [2.05, 4.69) is 193 Å². The van der Waals surface area contributed by atoms with Gasteiger partial charge in [-0.15, -0.1) is 0 Å².